The standard InChI is InChI=1S/C9H10BrN3OS/c1-2-8(14)13-9(15)12-7-4-3-6(10)5-11-7/h3-5H,2H2,1H3,(H2,11,12,13,14,15). The van der Waals surface area contributed by atoms with E-state index in [0.717, 1.165) is 4.47 Å². The second-order valence-electron chi connectivity index (χ2n) is 2.72. The van der Waals surface area contributed by atoms with Crippen molar-refractivity contribution in [2.45, 2.75) is 13.3 Å². The first-order chi connectivity index (χ1) is 7.11. The fourth-order valence-corrected chi connectivity index (χ4v) is 1.27. The lowest BCUT2D eigenvalue weighted by molar-refractivity contribution is -0.119. The molecule has 0 aliphatic carbocycles. The van der Waals surface area contributed by atoms with E-state index in [1.165, 1.54) is 0 Å². The quantitative estimate of drug-likeness (QED) is 0.818. The number of anilines is 1. The Morgan fingerprint density at radius 1 is 1.60 bits per heavy atom. The number of amides is 1. The third-order valence-electron chi connectivity index (χ3n) is 1.54. The van der Waals surface area contributed by atoms with Gasteiger partial charge in [-0.25, -0.2) is 4.98 Å². The van der Waals surface area contributed by atoms with Crippen molar-refractivity contribution in [3.05, 3.63) is 22.8 Å². The van der Waals surface area contributed by atoms with Crippen LogP contribution in [0.25, 0.3) is 0 Å². The minimum Gasteiger partial charge on any atom is -0.317 e. The fraction of sp³-hybridized carbons (Fsp3) is 0.222. The zero-order valence-electron chi connectivity index (χ0n) is 8.08. The maximum absolute atomic E-state index is 11.0. The van der Waals surface area contributed by atoms with E-state index in [-0.39, 0.29) is 11.0 Å². The van der Waals surface area contributed by atoms with Gasteiger partial charge in [-0.1, -0.05) is 6.92 Å². The van der Waals surface area contributed by atoms with Gasteiger partial charge in [0.15, 0.2) is 5.11 Å². The second kappa shape index (κ2) is 5.77. The van der Waals surface area contributed by atoms with Crippen LogP contribution in [-0.2, 0) is 4.79 Å². The predicted molar refractivity (Wildman–Crippen MR) is 66.6 cm³/mol. The molecule has 0 saturated carbocycles. The number of hydrogen-bond donors (Lipinski definition) is 2. The number of carbonyl (C=O) groups excluding carboxylic acids is 1. The summed E-state index contributed by atoms with van der Waals surface area (Å²) in [6.45, 7) is 1.76. The molecule has 15 heavy (non-hydrogen) atoms. The molecule has 6 heteroatoms. The van der Waals surface area contributed by atoms with E-state index in [9.17, 15) is 4.79 Å². The van der Waals surface area contributed by atoms with E-state index in [1.54, 1.807) is 19.2 Å². The Labute approximate surface area is 102 Å². The van der Waals surface area contributed by atoms with Gasteiger partial charge >= 0.3 is 0 Å². The van der Waals surface area contributed by atoms with Crippen LogP contribution >= 0.6 is 28.1 Å². The highest BCUT2D eigenvalue weighted by molar-refractivity contribution is 9.10. The summed E-state index contributed by atoms with van der Waals surface area (Å²) >= 11 is 8.19. The highest BCUT2D eigenvalue weighted by atomic mass is 79.9. The maximum atomic E-state index is 11.0. The molecule has 0 aromatic carbocycles. The van der Waals surface area contributed by atoms with Crippen molar-refractivity contribution in [1.82, 2.24) is 10.3 Å². The predicted octanol–water partition coefficient (Wildman–Crippen LogP) is 2.07. The van der Waals surface area contributed by atoms with Crippen LogP contribution < -0.4 is 10.6 Å². The van der Waals surface area contributed by atoms with Crippen LogP contribution in [0.15, 0.2) is 22.8 Å². The molecule has 0 radical (unpaired) electrons. The Hall–Kier alpha value is -1.01. The zero-order valence-corrected chi connectivity index (χ0v) is 10.5. The Morgan fingerprint density at radius 2 is 2.33 bits per heavy atom. The average Bonchev–Trinajstić information content (AvgIpc) is 2.21. The number of thiocarbonyl (C=S) groups is 1. The van der Waals surface area contributed by atoms with Gasteiger partial charge in [0.05, 0.1) is 0 Å². The molecular formula is C9H10BrN3OS. The Kier molecular flexibility index (Phi) is 4.64. The third-order valence-corrected chi connectivity index (χ3v) is 2.22. The molecule has 0 aliphatic heterocycles. The summed E-state index contributed by atoms with van der Waals surface area (Å²) in [5.74, 6) is 0.476. The van der Waals surface area contributed by atoms with Crippen molar-refractivity contribution in [2.75, 3.05) is 5.32 Å². The normalized spacial score (nSPS) is 9.47. The summed E-state index contributed by atoms with van der Waals surface area (Å²) in [7, 11) is 0. The van der Waals surface area contributed by atoms with Crippen LogP contribution in [0, 0.1) is 0 Å². The molecule has 0 unspecified atom stereocenters. The van der Waals surface area contributed by atoms with Gasteiger partial charge in [-0.05, 0) is 40.3 Å². The van der Waals surface area contributed by atoms with Gasteiger partial charge in [0.2, 0.25) is 5.91 Å². The van der Waals surface area contributed by atoms with Crippen LogP contribution in [0.5, 0.6) is 0 Å². The second-order valence-corrected chi connectivity index (χ2v) is 4.04. The molecule has 0 saturated heterocycles. The third kappa shape index (κ3) is 4.35. The first-order valence-corrected chi connectivity index (χ1v) is 5.54. The molecule has 1 heterocycles. The molecule has 0 fully saturated rings. The van der Waals surface area contributed by atoms with E-state index >= 15 is 0 Å². The number of carbonyl (C=O) groups is 1. The molecule has 2 N–H and O–H groups in total. The van der Waals surface area contributed by atoms with Gasteiger partial charge < -0.3 is 10.6 Å². The van der Waals surface area contributed by atoms with Gasteiger partial charge in [0.25, 0.3) is 0 Å². The van der Waals surface area contributed by atoms with Crippen molar-refractivity contribution in [3.63, 3.8) is 0 Å². The number of pyridine rings is 1. The van der Waals surface area contributed by atoms with Gasteiger partial charge in [0.1, 0.15) is 5.82 Å². The summed E-state index contributed by atoms with van der Waals surface area (Å²) in [6, 6.07) is 3.59. The van der Waals surface area contributed by atoms with Gasteiger partial charge in [0, 0.05) is 17.1 Å². The lowest BCUT2D eigenvalue weighted by Gasteiger charge is -2.07. The number of nitrogens with one attached hydrogen (secondary N) is 2. The van der Waals surface area contributed by atoms with Crippen LogP contribution in [0.4, 0.5) is 5.82 Å². The Morgan fingerprint density at radius 3 is 2.87 bits per heavy atom. The number of hydrogen-bond acceptors (Lipinski definition) is 3. The maximum Gasteiger partial charge on any atom is 0.225 e. The van der Waals surface area contributed by atoms with Crippen molar-refractivity contribution < 1.29 is 4.79 Å². The van der Waals surface area contributed by atoms with E-state index in [2.05, 4.69) is 31.5 Å². The van der Waals surface area contributed by atoms with E-state index in [4.69, 9.17) is 12.2 Å². The molecule has 80 valence electrons. The molecule has 0 aliphatic rings. The van der Waals surface area contributed by atoms with E-state index in [1.807, 2.05) is 6.07 Å². The monoisotopic (exact) mass is 287 g/mol. The van der Waals surface area contributed by atoms with Gasteiger partial charge in [-0.15, -0.1) is 0 Å². The fourth-order valence-electron chi connectivity index (χ4n) is 0.812. The van der Waals surface area contributed by atoms with Crippen molar-refractivity contribution >= 4 is 45.0 Å². The number of nitrogens with zero attached hydrogens (tertiary/aromatic N) is 1. The lowest BCUT2D eigenvalue weighted by atomic mass is 10.4. The topological polar surface area (TPSA) is 54.0 Å². The smallest absolute Gasteiger partial charge is 0.225 e. The summed E-state index contributed by atoms with van der Waals surface area (Å²) in [5, 5.41) is 5.59. The number of aromatic nitrogens is 1. The molecule has 1 rings (SSSR count). The number of rotatable bonds is 2. The molecule has 4 nitrogen and oxygen atoms in total. The minimum absolute atomic E-state index is 0.121. The first kappa shape index (κ1) is 12.1. The molecule has 0 bridgehead atoms. The van der Waals surface area contributed by atoms with E-state index < -0.39 is 0 Å². The van der Waals surface area contributed by atoms with Crippen molar-refractivity contribution in [2.24, 2.45) is 0 Å². The summed E-state index contributed by atoms with van der Waals surface area (Å²) < 4.78 is 0.886. The summed E-state index contributed by atoms with van der Waals surface area (Å²) in [5.41, 5.74) is 0. The molecule has 1 amide bonds. The van der Waals surface area contributed by atoms with Gasteiger partial charge in [-0.3, -0.25) is 4.79 Å². The highest BCUT2D eigenvalue weighted by Crippen LogP contribution is 2.10. The molecule has 1 aromatic heterocycles. The highest BCUT2D eigenvalue weighted by Gasteiger charge is 2.02. The number of halogens is 1. The first-order valence-electron chi connectivity index (χ1n) is 4.34. The summed E-state index contributed by atoms with van der Waals surface area (Å²) in [4.78, 5) is 15.1. The Balaban J connectivity index is 2.51. The lowest BCUT2D eigenvalue weighted by Crippen LogP contribution is -2.33. The molecule has 0 atom stereocenters. The zero-order chi connectivity index (χ0) is 11.3. The SMILES string of the molecule is CCC(=O)NC(=S)Nc1ccc(Br)cn1. The van der Waals surface area contributed by atoms with Crippen molar-refractivity contribution in [3.8, 4) is 0 Å². The van der Waals surface area contributed by atoms with Crippen LogP contribution in [0.2, 0.25) is 0 Å². The largest absolute Gasteiger partial charge is 0.317 e. The Bertz CT molecular complexity index is 366. The van der Waals surface area contributed by atoms with Crippen LogP contribution in [-0.4, -0.2) is 16.0 Å². The minimum atomic E-state index is -0.121. The summed E-state index contributed by atoms with van der Waals surface area (Å²) in [6.07, 6.45) is 2.04. The van der Waals surface area contributed by atoms with E-state index in [0.29, 0.717) is 12.2 Å². The molecule has 0 spiro atoms. The van der Waals surface area contributed by atoms with Gasteiger partial charge in [-0.2, -0.15) is 0 Å². The van der Waals surface area contributed by atoms with Crippen molar-refractivity contribution in [1.29, 1.82) is 0 Å². The van der Waals surface area contributed by atoms with Crippen LogP contribution in [0.1, 0.15) is 13.3 Å². The molecular weight excluding hydrogens is 278 g/mol. The van der Waals surface area contributed by atoms with Crippen LogP contribution in [0.3, 0.4) is 0 Å². The average molecular weight is 288 g/mol. The molecule has 1 aromatic rings.